The van der Waals surface area contributed by atoms with Gasteiger partial charge in [-0.2, -0.15) is 0 Å². The maximum atomic E-state index is 10.7. The van der Waals surface area contributed by atoms with Gasteiger partial charge in [0.1, 0.15) is 11.9 Å². The van der Waals surface area contributed by atoms with Gasteiger partial charge in [-0.1, -0.05) is 31.2 Å². The lowest BCUT2D eigenvalue weighted by Crippen LogP contribution is -2.25. The number of aliphatic carboxylic acids is 1. The zero-order valence-corrected chi connectivity index (χ0v) is 11.5. The van der Waals surface area contributed by atoms with E-state index in [2.05, 4.69) is 34.6 Å². The highest BCUT2D eigenvalue weighted by Gasteiger charge is 2.11. The van der Waals surface area contributed by atoms with Gasteiger partial charge in [-0.25, -0.2) is 0 Å². The number of nitrogens with zero attached hydrogens (tertiary/aromatic N) is 2. The molecule has 0 amide bonds. The first-order chi connectivity index (χ1) is 9.60. The van der Waals surface area contributed by atoms with Crippen LogP contribution in [-0.2, 0) is 11.2 Å². The van der Waals surface area contributed by atoms with E-state index >= 15 is 0 Å². The molecule has 20 heavy (non-hydrogen) atoms. The molecule has 0 spiro atoms. The second kappa shape index (κ2) is 6.14. The fourth-order valence-electron chi connectivity index (χ4n) is 1.76. The van der Waals surface area contributed by atoms with Crippen LogP contribution in [0.1, 0.15) is 19.4 Å². The number of carbonyl (C=O) groups is 1. The van der Waals surface area contributed by atoms with Crippen LogP contribution in [-0.4, -0.2) is 27.3 Å². The number of anilines is 1. The number of rotatable bonds is 5. The number of aromatic nitrogens is 2. The second-order valence-corrected chi connectivity index (χ2v) is 4.56. The van der Waals surface area contributed by atoms with E-state index in [4.69, 9.17) is 5.11 Å². The maximum Gasteiger partial charge on any atom is 0.325 e. The molecule has 0 bridgehead atoms. The summed E-state index contributed by atoms with van der Waals surface area (Å²) in [5.74, 6) is -0.472. The van der Waals surface area contributed by atoms with Crippen LogP contribution in [0.25, 0.3) is 11.3 Å². The summed E-state index contributed by atoms with van der Waals surface area (Å²) in [5.41, 5.74) is 3.03. The van der Waals surface area contributed by atoms with Gasteiger partial charge >= 0.3 is 5.97 Å². The molecule has 0 saturated carbocycles. The van der Waals surface area contributed by atoms with Crippen LogP contribution >= 0.6 is 0 Å². The first kappa shape index (κ1) is 14.0. The topological polar surface area (TPSA) is 75.1 Å². The number of aryl methyl sites for hydroxylation is 1. The number of carboxylic acid groups (broad SMARTS) is 1. The lowest BCUT2D eigenvalue weighted by atomic mass is 10.1. The van der Waals surface area contributed by atoms with Crippen molar-refractivity contribution >= 4 is 11.8 Å². The van der Waals surface area contributed by atoms with Crippen molar-refractivity contribution in [3.8, 4) is 11.3 Å². The average molecular weight is 271 g/mol. The Balaban J connectivity index is 2.12. The van der Waals surface area contributed by atoms with E-state index in [9.17, 15) is 4.79 Å². The zero-order chi connectivity index (χ0) is 14.5. The quantitative estimate of drug-likeness (QED) is 0.874. The maximum absolute atomic E-state index is 10.7. The van der Waals surface area contributed by atoms with Crippen LogP contribution in [0.2, 0.25) is 0 Å². The Morgan fingerprint density at radius 2 is 1.90 bits per heavy atom. The normalized spacial score (nSPS) is 11.9. The molecule has 1 aromatic carbocycles. The zero-order valence-electron chi connectivity index (χ0n) is 11.5. The number of carboxylic acids is 1. The SMILES string of the molecule is CCc1ccc(-c2ccc(NC(C)C(=O)O)nn2)cc1. The molecule has 5 heteroatoms. The smallest absolute Gasteiger partial charge is 0.325 e. The van der Waals surface area contributed by atoms with Crippen LogP contribution in [0.15, 0.2) is 36.4 Å². The van der Waals surface area contributed by atoms with Crippen LogP contribution in [0.5, 0.6) is 0 Å². The largest absolute Gasteiger partial charge is 0.480 e. The number of hydrogen-bond acceptors (Lipinski definition) is 4. The van der Waals surface area contributed by atoms with Gasteiger partial charge in [0.15, 0.2) is 0 Å². The van der Waals surface area contributed by atoms with Crippen molar-refractivity contribution in [3.63, 3.8) is 0 Å². The van der Waals surface area contributed by atoms with Gasteiger partial charge in [0, 0.05) is 5.56 Å². The van der Waals surface area contributed by atoms with Crippen LogP contribution in [0, 0.1) is 0 Å². The second-order valence-electron chi connectivity index (χ2n) is 4.56. The Morgan fingerprint density at radius 1 is 1.20 bits per heavy atom. The fourth-order valence-corrected chi connectivity index (χ4v) is 1.76. The van der Waals surface area contributed by atoms with Crippen molar-refractivity contribution in [2.75, 3.05) is 5.32 Å². The molecule has 0 aliphatic heterocycles. The summed E-state index contributed by atoms with van der Waals surface area (Å²) in [7, 11) is 0. The van der Waals surface area contributed by atoms with Crippen molar-refractivity contribution in [1.82, 2.24) is 10.2 Å². The van der Waals surface area contributed by atoms with Crippen molar-refractivity contribution in [2.24, 2.45) is 0 Å². The molecule has 2 rings (SSSR count). The monoisotopic (exact) mass is 271 g/mol. The molecule has 2 aromatic rings. The molecular formula is C15H17N3O2. The van der Waals surface area contributed by atoms with E-state index in [1.165, 1.54) is 5.56 Å². The van der Waals surface area contributed by atoms with Crippen molar-refractivity contribution in [2.45, 2.75) is 26.3 Å². The van der Waals surface area contributed by atoms with Crippen LogP contribution < -0.4 is 5.32 Å². The molecule has 5 nitrogen and oxygen atoms in total. The minimum Gasteiger partial charge on any atom is -0.480 e. The van der Waals surface area contributed by atoms with Crippen molar-refractivity contribution < 1.29 is 9.90 Å². The summed E-state index contributed by atoms with van der Waals surface area (Å²) in [6, 6.07) is 11.0. The minimum atomic E-state index is -0.925. The molecule has 0 radical (unpaired) electrons. The molecule has 1 atom stereocenters. The first-order valence-corrected chi connectivity index (χ1v) is 6.52. The summed E-state index contributed by atoms with van der Waals surface area (Å²) in [4.78, 5) is 10.7. The van der Waals surface area contributed by atoms with Gasteiger partial charge in [0.05, 0.1) is 5.69 Å². The Kier molecular flexibility index (Phi) is 4.30. The van der Waals surface area contributed by atoms with E-state index < -0.39 is 12.0 Å². The molecule has 2 N–H and O–H groups in total. The molecule has 0 aliphatic carbocycles. The third-order valence-electron chi connectivity index (χ3n) is 3.06. The van der Waals surface area contributed by atoms with Crippen molar-refractivity contribution in [3.05, 3.63) is 42.0 Å². The number of hydrogen-bond donors (Lipinski definition) is 2. The van der Waals surface area contributed by atoms with Gasteiger partial charge in [-0.3, -0.25) is 4.79 Å². The molecule has 1 aromatic heterocycles. The standard InChI is InChI=1S/C15H17N3O2/c1-3-11-4-6-12(7-5-11)13-8-9-14(18-17-13)16-10(2)15(19)20/h4-10H,3H2,1-2H3,(H,16,18)(H,19,20). The van der Waals surface area contributed by atoms with Gasteiger partial charge in [-0.15, -0.1) is 10.2 Å². The Hall–Kier alpha value is -2.43. The Bertz CT molecular complexity index is 579. The van der Waals surface area contributed by atoms with Crippen molar-refractivity contribution in [1.29, 1.82) is 0 Å². The molecule has 104 valence electrons. The van der Waals surface area contributed by atoms with Gasteiger partial charge < -0.3 is 10.4 Å². The highest BCUT2D eigenvalue weighted by Crippen LogP contribution is 2.18. The molecular weight excluding hydrogens is 254 g/mol. The van der Waals surface area contributed by atoms with E-state index in [1.807, 2.05) is 18.2 Å². The lowest BCUT2D eigenvalue weighted by Gasteiger charge is -2.09. The van der Waals surface area contributed by atoms with Gasteiger partial charge in [0.25, 0.3) is 0 Å². The summed E-state index contributed by atoms with van der Waals surface area (Å²) >= 11 is 0. The Labute approximate surface area is 117 Å². The van der Waals surface area contributed by atoms with Crippen LogP contribution in [0.4, 0.5) is 5.82 Å². The molecule has 0 fully saturated rings. The Morgan fingerprint density at radius 3 is 2.40 bits per heavy atom. The van der Waals surface area contributed by atoms with Gasteiger partial charge in [-0.05, 0) is 31.0 Å². The van der Waals surface area contributed by atoms with E-state index in [0.29, 0.717) is 5.82 Å². The highest BCUT2D eigenvalue weighted by molar-refractivity contribution is 5.76. The van der Waals surface area contributed by atoms with E-state index in [0.717, 1.165) is 17.7 Å². The molecule has 1 unspecified atom stereocenters. The molecule has 1 heterocycles. The predicted octanol–water partition coefficient (Wildman–Crippen LogP) is 2.59. The third-order valence-corrected chi connectivity index (χ3v) is 3.06. The van der Waals surface area contributed by atoms with E-state index in [-0.39, 0.29) is 0 Å². The van der Waals surface area contributed by atoms with Crippen LogP contribution in [0.3, 0.4) is 0 Å². The number of nitrogens with one attached hydrogen (secondary N) is 1. The summed E-state index contributed by atoms with van der Waals surface area (Å²) in [6.45, 7) is 3.67. The summed E-state index contributed by atoms with van der Waals surface area (Å²) in [6.07, 6.45) is 1.00. The van der Waals surface area contributed by atoms with E-state index in [1.54, 1.807) is 13.0 Å². The highest BCUT2D eigenvalue weighted by atomic mass is 16.4. The summed E-state index contributed by atoms with van der Waals surface area (Å²) in [5, 5.41) is 19.7. The lowest BCUT2D eigenvalue weighted by molar-refractivity contribution is -0.137. The fraction of sp³-hybridized carbons (Fsp3) is 0.267. The molecule has 0 saturated heterocycles. The third kappa shape index (κ3) is 3.32. The minimum absolute atomic E-state index is 0.453. The predicted molar refractivity (Wildman–Crippen MR) is 77.6 cm³/mol. The first-order valence-electron chi connectivity index (χ1n) is 6.52. The number of benzene rings is 1. The average Bonchev–Trinajstić information content (AvgIpc) is 2.48. The van der Waals surface area contributed by atoms with Gasteiger partial charge in [0.2, 0.25) is 0 Å². The summed E-state index contributed by atoms with van der Waals surface area (Å²) < 4.78 is 0. The molecule has 0 aliphatic rings.